The third-order valence-electron chi connectivity index (χ3n) is 9.47. The van der Waals surface area contributed by atoms with Crippen molar-refractivity contribution in [1.82, 2.24) is 0 Å². The van der Waals surface area contributed by atoms with E-state index in [0.717, 1.165) is 38.5 Å². The lowest BCUT2D eigenvalue weighted by Crippen LogP contribution is -2.29. The second-order valence-electron chi connectivity index (χ2n) is 14.7. The fourth-order valence-electron chi connectivity index (χ4n) is 6.24. The first kappa shape index (κ1) is 50.5. The van der Waals surface area contributed by atoms with Gasteiger partial charge in [0, 0.05) is 12.8 Å². The molecule has 0 spiro atoms. The Morgan fingerprint density at radius 2 is 0.885 bits per heavy atom. The number of allylic oxidation sites excluding steroid dienone is 4. The Bertz CT molecular complexity index is 900. The molecule has 0 aromatic heterocycles. The van der Waals surface area contributed by atoms with Crippen LogP contribution in [0.3, 0.4) is 0 Å². The van der Waals surface area contributed by atoms with Crippen LogP contribution < -0.4 is 0 Å². The number of phosphoric acid groups is 1. The Hall–Kier alpha value is -1.47. The van der Waals surface area contributed by atoms with Crippen LogP contribution in [0.2, 0.25) is 0 Å². The maximum atomic E-state index is 12.4. The highest BCUT2D eigenvalue weighted by atomic mass is 31.2. The molecule has 0 bridgehead atoms. The summed E-state index contributed by atoms with van der Waals surface area (Å²) < 4.78 is 26.4. The zero-order valence-corrected chi connectivity index (χ0v) is 34.6. The third kappa shape index (κ3) is 41.3. The van der Waals surface area contributed by atoms with Gasteiger partial charge in [0.1, 0.15) is 6.61 Å². The van der Waals surface area contributed by atoms with E-state index in [1.54, 1.807) is 0 Å². The number of ether oxygens (including phenoxy) is 2. The molecule has 0 fully saturated rings. The Labute approximate surface area is 319 Å². The molecule has 1 atom stereocenters. The third-order valence-corrected chi connectivity index (χ3v) is 9.96. The van der Waals surface area contributed by atoms with Crippen molar-refractivity contribution in [2.24, 2.45) is 0 Å². The molecule has 52 heavy (non-hydrogen) atoms. The van der Waals surface area contributed by atoms with Crippen LogP contribution in [-0.4, -0.2) is 41.0 Å². The first-order valence-corrected chi connectivity index (χ1v) is 23.2. The monoisotopic (exact) mass is 757 g/mol. The molecular weight excluding hydrogens is 675 g/mol. The minimum absolute atomic E-state index is 0.206. The van der Waals surface area contributed by atoms with Crippen molar-refractivity contribution in [2.45, 2.75) is 225 Å². The SMILES string of the molecule is CCCCCCCCCCC/C=C/C/C=C/CCCC(=O)OC[C@H](COP(=O)(O)O)OC(=O)CCCCCCCCCCCCCCCCCCC. The highest BCUT2D eigenvalue weighted by Crippen LogP contribution is 2.36. The number of esters is 2. The van der Waals surface area contributed by atoms with Crippen LogP contribution in [0.4, 0.5) is 0 Å². The molecular formula is C43H81O8P. The Morgan fingerprint density at radius 1 is 0.500 bits per heavy atom. The molecule has 9 heteroatoms. The topological polar surface area (TPSA) is 119 Å². The average Bonchev–Trinajstić information content (AvgIpc) is 3.11. The molecule has 0 amide bonds. The predicted molar refractivity (Wildman–Crippen MR) is 216 cm³/mol. The van der Waals surface area contributed by atoms with Gasteiger partial charge in [-0.1, -0.05) is 192 Å². The molecule has 0 aliphatic rings. The van der Waals surface area contributed by atoms with Crippen LogP contribution in [0.5, 0.6) is 0 Å². The van der Waals surface area contributed by atoms with Gasteiger partial charge in [0.15, 0.2) is 6.10 Å². The summed E-state index contributed by atoms with van der Waals surface area (Å²) in [5.41, 5.74) is 0. The highest BCUT2D eigenvalue weighted by molar-refractivity contribution is 7.46. The number of carbonyl (C=O) groups is 2. The van der Waals surface area contributed by atoms with E-state index in [1.807, 2.05) is 0 Å². The molecule has 0 unspecified atom stereocenters. The van der Waals surface area contributed by atoms with Gasteiger partial charge in [-0.2, -0.15) is 0 Å². The summed E-state index contributed by atoms with van der Waals surface area (Å²) in [6.45, 7) is 3.67. The van der Waals surface area contributed by atoms with Gasteiger partial charge < -0.3 is 19.3 Å². The molecule has 2 N–H and O–H groups in total. The minimum atomic E-state index is -4.76. The summed E-state index contributed by atoms with van der Waals surface area (Å²) in [6.07, 6.45) is 44.8. The number of rotatable bonds is 40. The first-order chi connectivity index (χ1) is 25.3. The van der Waals surface area contributed by atoms with Crippen molar-refractivity contribution < 1.29 is 37.9 Å². The van der Waals surface area contributed by atoms with Crippen molar-refractivity contribution in [2.75, 3.05) is 13.2 Å². The molecule has 0 aromatic rings. The maximum Gasteiger partial charge on any atom is 0.469 e. The van der Waals surface area contributed by atoms with Gasteiger partial charge in [-0.05, 0) is 38.5 Å². The molecule has 0 aromatic carbocycles. The summed E-state index contributed by atoms with van der Waals surface area (Å²) in [5, 5.41) is 0. The van der Waals surface area contributed by atoms with E-state index in [4.69, 9.17) is 19.3 Å². The second-order valence-corrected chi connectivity index (χ2v) is 15.9. The Morgan fingerprint density at radius 3 is 1.33 bits per heavy atom. The normalized spacial score (nSPS) is 12.6. The van der Waals surface area contributed by atoms with Gasteiger partial charge in [0.25, 0.3) is 0 Å². The van der Waals surface area contributed by atoms with Gasteiger partial charge >= 0.3 is 19.8 Å². The molecule has 0 aliphatic carbocycles. The molecule has 0 saturated carbocycles. The average molecular weight is 757 g/mol. The Kier molecular flexibility index (Phi) is 38.1. The van der Waals surface area contributed by atoms with E-state index >= 15 is 0 Å². The van der Waals surface area contributed by atoms with E-state index in [-0.39, 0.29) is 19.4 Å². The number of hydrogen-bond donors (Lipinski definition) is 2. The molecule has 0 aliphatic heterocycles. The fourth-order valence-corrected chi connectivity index (χ4v) is 6.60. The van der Waals surface area contributed by atoms with Crippen molar-refractivity contribution in [1.29, 1.82) is 0 Å². The largest absolute Gasteiger partial charge is 0.469 e. The smallest absolute Gasteiger partial charge is 0.462 e. The van der Waals surface area contributed by atoms with E-state index in [2.05, 4.69) is 42.7 Å². The zero-order chi connectivity index (χ0) is 38.2. The van der Waals surface area contributed by atoms with Crippen LogP contribution in [0.25, 0.3) is 0 Å². The number of phosphoric ester groups is 1. The van der Waals surface area contributed by atoms with Gasteiger partial charge in [-0.25, -0.2) is 4.57 Å². The molecule has 0 radical (unpaired) electrons. The molecule has 0 rings (SSSR count). The number of unbranched alkanes of at least 4 members (excludes halogenated alkanes) is 26. The van der Waals surface area contributed by atoms with Crippen molar-refractivity contribution in [3.63, 3.8) is 0 Å². The van der Waals surface area contributed by atoms with Crippen LogP contribution >= 0.6 is 7.82 Å². The standard InChI is InChI=1S/C43H81O8P/c1-3-5-7-9-11-13-15-17-19-21-23-25-27-29-31-33-35-37-42(44)49-39-41(40-50-52(46,47)48)51-43(45)38-36-34-32-30-28-26-24-22-20-18-16-14-12-10-8-6-4-2/h23,25,29,31,41H,3-22,24,26-28,30,32-40H2,1-2H3,(H2,46,47,48)/b25-23+,31-29+/t41-/m1/s1. The van der Waals surface area contributed by atoms with Crippen LogP contribution in [0.15, 0.2) is 24.3 Å². The summed E-state index contributed by atoms with van der Waals surface area (Å²) >= 11 is 0. The second kappa shape index (κ2) is 39.2. The van der Waals surface area contributed by atoms with Crippen molar-refractivity contribution in [3.8, 4) is 0 Å². The summed E-state index contributed by atoms with van der Waals surface area (Å²) in [7, 11) is -4.76. The van der Waals surface area contributed by atoms with Crippen LogP contribution in [0.1, 0.15) is 219 Å². The quantitative estimate of drug-likeness (QED) is 0.0274. The van der Waals surface area contributed by atoms with E-state index in [0.29, 0.717) is 12.8 Å². The number of carbonyl (C=O) groups excluding carboxylic acids is 2. The predicted octanol–water partition coefficient (Wildman–Crippen LogP) is 13.2. The van der Waals surface area contributed by atoms with Gasteiger partial charge in [0.2, 0.25) is 0 Å². The molecule has 0 heterocycles. The summed E-state index contributed by atoms with van der Waals surface area (Å²) in [6, 6.07) is 0. The van der Waals surface area contributed by atoms with E-state index < -0.39 is 32.5 Å². The lowest BCUT2D eigenvalue weighted by atomic mass is 10.0. The highest BCUT2D eigenvalue weighted by Gasteiger charge is 2.22. The Balaban J connectivity index is 3.93. The lowest BCUT2D eigenvalue weighted by Gasteiger charge is -2.18. The van der Waals surface area contributed by atoms with E-state index in [1.165, 1.54) is 141 Å². The maximum absolute atomic E-state index is 12.4. The fraction of sp³-hybridized carbons (Fsp3) is 0.860. The summed E-state index contributed by atoms with van der Waals surface area (Å²) in [5.74, 6) is -0.927. The van der Waals surface area contributed by atoms with Crippen molar-refractivity contribution in [3.05, 3.63) is 24.3 Å². The molecule has 306 valence electrons. The van der Waals surface area contributed by atoms with Gasteiger partial charge in [-0.15, -0.1) is 0 Å². The summed E-state index contributed by atoms with van der Waals surface area (Å²) in [4.78, 5) is 42.8. The van der Waals surface area contributed by atoms with E-state index in [9.17, 15) is 14.2 Å². The molecule has 0 saturated heterocycles. The first-order valence-electron chi connectivity index (χ1n) is 21.6. The van der Waals surface area contributed by atoms with Crippen LogP contribution in [-0.2, 0) is 28.2 Å². The van der Waals surface area contributed by atoms with Gasteiger partial charge in [0.05, 0.1) is 6.61 Å². The van der Waals surface area contributed by atoms with Gasteiger partial charge in [-0.3, -0.25) is 14.1 Å². The van der Waals surface area contributed by atoms with Crippen molar-refractivity contribution >= 4 is 19.8 Å². The molecule has 8 nitrogen and oxygen atoms in total. The minimum Gasteiger partial charge on any atom is -0.462 e. The number of hydrogen-bond acceptors (Lipinski definition) is 6. The van der Waals surface area contributed by atoms with Crippen LogP contribution in [0, 0.1) is 0 Å². The zero-order valence-electron chi connectivity index (χ0n) is 33.7. The lowest BCUT2D eigenvalue weighted by molar-refractivity contribution is -0.161.